The molecule has 0 saturated heterocycles. The quantitative estimate of drug-likeness (QED) is 0.908. The van der Waals surface area contributed by atoms with Gasteiger partial charge in [0.2, 0.25) is 0 Å². The molecule has 1 N–H and O–H groups in total. The molecule has 0 spiro atoms. The summed E-state index contributed by atoms with van der Waals surface area (Å²) < 4.78 is 13.9. The molecule has 2 heterocycles. The molecule has 2 aromatic rings. The van der Waals surface area contributed by atoms with Gasteiger partial charge in [-0.3, -0.25) is 4.99 Å². The predicted molar refractivity (Wildman–Crippen MR) is 78.1 cm³/mol. The number of halogens is 2. The monoisotopic (exact) mass is 339 g/mol. The molecular weight excluding hydrogens is 329 g/mol. The molecule has 98 valence electrons. The number of hydrogen-bond donors (Lipinski definition) is 1. The van der Waals surface area contributed by atoms with Crippen molar-refractivity contribution in [1.82, 2.24) is 10.3 Å². The summed E-state index contributed by atoms with van der Waals surface area (Å²) in [6.45, 7) is 0.746. The lowest BCUT2D eigenvalue weighted by Gasteiger charge is -2.25. The van der Waals surface area contributed by atoms with E-state index in [0.717, 1.165) is 33.8 Å². The zero-order valence-corrected chi connectivity index (χ0v) is 12.3. The number of rotatable bonds is 2. The van der Waals surface area contributed by atoms with E-state index in [1.54, 1.807) is 17.5 Å². The van der Waals surface area contributed by atoms with E-state index in [0.29, 0.717) is 0 Å². The molecule has 0 radical (unpaired) electrons. The van der Waals surface area contributed by atoms with Crippen LogP contribution in [-0.2, 0) is 0 Å². The highest BCUT2D eigenvalue weighted by Gasteiger charge is 2.21. The molecule has 3 nitrogen and oxygen atoms in total. The van der Waals surface area contributed by atoms with Gasteiger partial charge in [0.1, 0.15) is 5.82 Å². The Labute approximate surface area is 122 Å². The first-order chi connectivity index (χ1) is 9.24. The minimum Gasteiger partial charge on any atom is -0.361 e. The first kappa shape index (κ1) is 12.7. The van der Waals surface area contributed by atoms with Crippen molar-refractivity contribution in [3.05, 3.63) is 50.6 Å². The Morgan fingerprint density at radius 2 is 2.32 bits per heavy atom. The first-order valence-electron chi connectivity index (χ1n) is 5.90. The van der Waals surface area contributed by atoms with Gasteiger partial charge in [0.25, 0.3) is 0 Å². The molecule has 1 unspecified atom stereocenters. The van der Waals surface area contributed by atoms with Crippen molar-refractivity contribution < 1.29 is 4.39 Å². The molecule has 1 aromatic heterocycles. The maximum absolute atomic E-state index is 13.1. The zero-order chi connectivity index (χ0) is 13.2. The Balaban J connectivity index is 1.86. The van der Waals surface area contributed by atoms with Gasteiger partial charge in [-0.2, -0.15) is 0 Å². The fourth-order valence-corrected chi connectivity index (χ4v) is 3.31. The highest BCUT2D eigenvalue weighted by atomic mass is 79.9. The number of aliphatic imine (C=N–C) groups is 1. The van der Waals surface area contributed by atoms with Gasteiger partial charge < -0.3 is 5.32 Å². The third-order valence-corrected chi connectivity index (χ3v) is 4.44. The van der Waals surface area contributed by atoms with E-state index in [4.69, 9.17) is 0 Å². The average molecular weight is 340 g/mol. The van der Waals surface area contributed by atoms with Crippen LogP contribution >= 0.6 is 27.3 Å². The van der Waals surface area contributed by atoms with E-state index in [1.807, 2.05) is 11.4 Å². The first-order valence-corrected chi connectivity index (χ1v) is 7.57. The number of amidine groups is 1. The normalized spacial score (nSPS) is 18.8. The number of aromatic nitrogens is 1. The molecule has 0 fully saturated rings. The highest BCUT2D eigenvalue weighted by Crippen LogP contribution is 2.28. The van der Waals surface area contributed by atoms with Gasteiger partial charge in [0.15, 0.2) is 10.8 Å². The maximum atomic E-state index is 13.1. The second-order valence-electron chi connectivity index (χ2n) is 4.22. The summed E-state index contributed by atoms with van der Waals surface area (Å²) in [7, 11) is 0. The summed E-state index contributed by atoms with van der Waals surface area (Å²) in [6, 6.07) is 4.91. The van der Waals surface area contributed by atoms with E-state index in [1.165, 1.54) is 12.1 Å². The van der Waals surface area contributed by atoms with Crippen molar-refractivity contribution in [2.45, 2.75) is 12.5 Å². The van der Waals surface area contributed by atoms with Crippen LogP contribution in [0.25, 0.3) is 0 Å². The number of thiazole rings is 1. The molecule has 3 rings (SSSR count). The molecule has 0 bridgehead atoms. The Hall–Kier alpha value is -1.27. The highest BCUT2D eigenvalue weighted by molar-refractivity contribution is 9.10. The molecule has 19 heavy (non-hydrogen) atoms. The van der Waals surface area contributed by atoms with E-state index in [-0.39, 0.29) is 11.9 Å². The Morgan fingerprint density at radius 1 is 1.42 bits per heavy atom. The van der Waals surface area contributed by atoms with Gasteiger partial charge in [-0.05, 0) is 24.1 Å². The Morgan fingerprint density at radius 3 is 3.05 bits per heavy atom. The van der Waals surface area contributed by atoms with Gasteiger partial charge >= 0.3 is 0 Å². The van der Waals surface area contributed by atoms with E-state index in [9.17, 15) is 4.39 Å². The van der Waals surface area contributed by atoms with E-state index < -0.39 is 0 Å². The number of benzene rings is 1. The van der Waals surface area contributed by atoms with Gasteiger partial charge in [0, 0.05) is 22.6 Å². The van der Waals surface area contributed by atoms with Crippen LogP contribution in [-0.4, -0.2) is 17.4 Å². The average Bonchev–Trinajstić information content (AvgIpc) is 2.93. The maximum Gasteiger partial charge on any atom is 0.158 e. The molecular formula is C13H11BrFN3S. The molecule has 0 aliphatic carbocycles. The van der Waals surface area contributed by atoms with Gasteiger partial charge in [0.05, 0.1) is 6.04 Å². The van der Waals surface area contributed by atoms with Crippen LogP contribution in [0.1, 0.15) is 23.0 Å². The van der Waals surface area contributed by atoms with Crippen LogP contribution < -0.4 is 5.32 Å². The van der Waals surface area contributed by atoms with Crippen LogP contribution in [0.5, 0.6) is 0 Å². The van der Waals surface area contributed by atoms with Crippen molar-refractivity contribution in [2.75, 3.05) is 6.54 Å². The van der Waals surface area contributed by atoms with Crippen molar-refractivity contribution in [3.63, 3.8) is 0 Å². The number of hydrogen-bond acceptors (Lipinski definition) is 4. The van der Waals surface area contributed by atoms with Crippen molar-refractivity contribution in [1.29, 1.82) is 0 Å². The molecule has 1 aliphatic rings. The molecule has 6 heteroatoms. The molecule has 1 atom stereocenters. The molecule has 0 amide bonds. The summed E-state index contributed by atoms with van der Waals surface area (Å²) in [5.41, 5.74) is 1.05. The van der Waals surface area contributed by atoms with Crippen LogP contribution in [0.2, 0.25) is 0 Å². The fourth-order valence-electron chi connectivity index (χ4n) is 2.08. The third kappa shape index (κ3) is 2.69. The smallest absolute Gasteiger partial charge is 0.158 e. The second kappa shape index (κ2) is 5.38. The summed E-state index contributed by atoms with van der Waals surface area (Å²) in [4.78, 5) is 8.72. The lowest BCUT2D eigenvalue weighted by molar-refractivity contribution is 0.566. The summed E-state index contributed by atoms with van der Waals surface area (Å²) in [5, 5.41) is 6.20. The summed E-state index contributed by atoms with van der Waals surface area (Å²) in [5.74, 6) is 0.586. The fraction of sp³-hybridized carbons (Fsp3) is 0.231. The molecule has 0 saturated carbocycles. The standard InChI is InChI=1S/C13H11BrFN3S/c14-10-7-8(15)1-2-9(10)11-3-4-16-12(18-11)13-17-5-6-19-13/h1-2,5-7,11H,3-4H2,(H,16,18). The van der Waals surface area contributed by atoms with Gasteiger partial charge in [-0.25, -0.2) is 9.37 Å². The minimum atomic E-state index is -0.236. The van der Waals surface area contributed by atoms with Crippen LogP contribution in [0.4, 0.5) is 4.39 Å². The predicted octanol–water partition coefficient (Wildman–Crippen LogP) is 3.53. The van der Waals surface area contributed by atoms with E-state index >= 15 is 0 Å². The van der Waals surface area contributed by atoms with Gasteiger partial charge in [-0.1, -0.05) is 22.0 Å². The van der Waals surface area contributed by atoms with Crippen molar-refractivity contribution in [2.24, 2.45) is 4.99 Å². The lowest BCUT2D eigenvalue weighted by atomic mass is 10.0. The Kier molecular flexibility index (Phi) is 3.61. The second-order valence-corrected chi connectivity index (χ2v) is 5.97. The molecule has 1 aliphatic heterocycles. The number of nitrogens with zero attached hydrogens (tertiary/aromatic N) is 2. The number of nitrogens with one attached hydrogen (secondary N) is 1. The lowest BCUT2D eigenvalue weighted by Crippen LogP contribution is -2.33. The van der Waals surface area contributed by atoms with Crippen molar-refractivity contribution >= 4 is 33.1 Å². The van der Waals surface area contributed by atoms with E-state index in [2.05, 4.69) is 31.2 Å². The Bertz CT molecular complexity index is 612. The van der Waals surface area contributed by atoms with Crippen LogP contribution in [0, 0.1) is 5.82 Å². The van der Waals surface area contributed by atoms with Crippen molar-refractivity contribution in [3.8, 4) is 0 Å². The minimum absolute atomic E-state index is 0.131. The summed E-state index contributed by atoms with van der Waals surface area (Å²) >= 11 is 4.98. The summed E-state index contributed by atoms with van der Waals surface area (Å²) in [6.07, 6.45) is 2.65. The molecule has 1 aromatic carbocycles. The van der Waals surface area contributed by atoms with Crippen LogP contribution in [0.3, 0.4) is 0 Å². The third-order valence-electron chi connectivity index (χ3n) is 2.97. The topological polar surface area (TPSA) is 37.3 Å². The van der Waals surface area contributed by atoms with Crippen LogP contribution in [0.15, 0.2) is 39.2 Å². The van der Waals surface area contributed by atoms with Gasteiger partial charge in [-0.15, -0.1) is 11.3 Å². The largest absolute Gasteiger partial charge is 0.361 e. The SMILES string of the molecule is Fc1ccc(C2CCN=C(c3nccs3)N2)c(Br)c1. The zero-order valence-electron chi connectivity index (χ0n) is 9.94.